The number of benzene rings is 1. The fourth-order valence-corrected chi connectivity index (χ4v) is 4.15. The number of aryl methyl sites for hydroxylation is 1. The molecule has 1 aliphatic rings. The van der Waals surface area contributed by atoms with Crippen LogP contribution in [0.3, 0.4) is 0 Å². The molecular weight excluding hydrogens is 304 g/mol. The summed E-state index contributed by atoms with van der Waals surface area (Å²) in [5, 5.41) is 2.72. The van der Waals surface area contributed by atoms with Crippen LogP contribution in [-0.2, 0) is 9.84 Å². The Labute approximate surface area is 128 Å². The van der Waals surface area contributed by atoms with Gasteiger partial charge in [0.25, 0.3) is 5.91 Å². The van der Waals surface area contributed by atoms with Crippen molar-refractivity contribution in [3.8, 4) is 11.5 Å². The van der Waals surface area contributed by atoms with Crippen molar-refractivity contribution < 1.29 is 17.6 Å². The van der Waals surface area contributed by atoms with E-state index in [4.69, 9.17) is 4.42 Å². The number of rotatable bonds is 3. The Morgan fingerprint density at radius 2 is 2.05 bits per heavy atom. The zero-order chi connectivity index (χ0) is 15.7. The Balaban J connectivity index is 1.78. The SMILES string of the molecule is Cc1oc(-c2ccccc2)nc1C(=O)NC1CCS(=O)(=O)C1. The van der Waals surface area contributed by atoms with Gasteiger partial charge in [-0.1, -0.05) is 18.2 Å². The Morgan fingerprint density at radius 3 is 2.68 bits per heavy atom. The fraction of sp³-hybridized carbons (Fsp3) is 0.333. The first kappa shape index (κ1) is 14.8. The molecule has 1 atom stereocenters. The lowest BCUT2D eigenvalue weighted by atomic mass is 10.2. The number of hydrogen-bond acceptors (Lipinski definition) is 5. The van der Waals surface area contributed by atoms with E-state index in [-0.39, 0.29) is 23.2 Å². The van der Waals surface area contributed by atoms with Gasteiger partial charge in [-0.25, -0.2) is 13.4 Å². The van der Waals surface area contributed by atoms with E-state index in [1.165, 1.54) is 0 Å². The molecule has 116 valence electrons. The fourth-order valence-electron chi connectivity index (χ4n) is 2.47. The van der Waals surface area contributed by atoms with Gasteiger partial charge in [-0.05, 0) is 25.5 Å². The molecule has 1 N–H and O–H groups in total. The number of oxazole rings is 1. The summed E-state index contributed by atoms with van der Waals surface area (Å²) >= 11 is 0. The molecule has 0 radical (unpaired) electrons. The molecule has 0 bridgehead atoms. The Hall–Kier alpha value is -2.15. The highest BCUT2D eigenvalue weighted by atomic mass is 32.2. The first-order chi connectivity index (χ1) is 10.4. The summed E-state index contributed by atoms with van der Waals surface area (Å²) in [6.07, 6.45) is 0.441. The third kappa shape index (κ3) is 3.04. The summed E-state index contributed by atoms with van der Waals surface area (Å²) in [6.45, 7) is 1.67. The third-order valence-corrected chi connectivity index (χ3v) is 5.37. The van der Waals surface area contributed by atoms with Crippen molar-refractivity contribution in [3.05, 3.63) is 41.8 Å². The largest absolute Gasteiger partial charge is 0.441 e. The first-order valence-electron chi connectivity index (χ1n) is 6.99. The molecule has 1 aromatic heterocycles. The summed E-state index contributed by atoms with van der Waals surface area (Å²) in [5.74, 6) is 0.497. The van der Waals surface area contributed by atoms with Crippen LogP contribution in [-0.4, -0.2) is 36.9 Å². The van der Waals surface area contributed by atoms with Gasteiger partial charge in [0.05, 0.1) is 11.5 Å². The molecule has 1 saturated heterocycles. The van der Waals surface area contributed by atoms with Gasteiger partial charge in [0, 0.05) is 11.6 Å². The number of aromatic nitrogens is 1. The van der Waals surface area contributed by atoms with Gasteiger partial charge < -0.3 is 9.73 Å². The first-order valence-corrected chi connectivity index (χ1v) is 8.81. The van der Waals surface area contributed by atoms with Crippen LogP contribution >= 0.6 is 0 Å². The maximum atomic E-state index is 12.2. The lowest BCUT2D eigenvalue weighted by Gasteiger charge is -2.08. The minimum Gasteiger partial charge on any atom is -0.441 e. The molecule has 1 aliphatic heterocycles. The number of nitrogens with one attached hydrogen (secondary N) is 1. The van der Waals surface area contributed by atoms with Crippen LogP contribution in [0.2, 0.25) is 0 Å². The molecule has 1 aromatic carbocycles. The summed E-state index contributed by atoms with van der Waals surface area (Å²) in [4.78, 5) is 16.5. The zero-order valence-electron chi connectivity index (χ0n) is 12.1. The molecule has 7 heteroatoms. The van der Waals surface area contributed by atoms with Gasteiger partial charge in [0.15, 0.2) is 15.5 Å². The second-order valence-corrected chi connectivity index (χ2v) is 7.59. The van der Waals surface area contributed by atoms with Gasteiger partial charge >= 0.3 is 0 Å². The Morgan fingerprint density at radius 1 is 1.32 bits per heavy atom. The number of carbonyl (C=O) groups excluding carboxylic acids is 1. The van der Waals surface area contributed by atoms with Crippen molar-refractivity contribution in [3.63, 3.8) is 0 Å². The molecule has 2 heterocycles. The van der Waals surface area contributed by atoms with Crippen LogP contribution in [0.15, 0.2) is 34.7 Å². The van der Waals surface area contributed by atoms with E-state index in [2.05, 4.69) is 10.3 Å². The van der Waals surface area contributed by atoms with Crippen LogP contribution in [0.25, 0.3) is 11.5 Å². The maximum absolute atomic E-state index is 12.2. The smallest absolute Gasteiger partial charge is 0.273 e. The highest BCUT2D eigenvalue weighted by molar-refractivity contribution is 7.91. The minimum atomic E-state index is -3.03. The molecule has 22 heavy (non-hydrogen) atoms. The van der Waals surface area contributed by atoms with Gasteiger partial charge in [0.2, 0.25) is 5.89 Å². The van der Waals surface area contributed by atoms with Gasteiger partial charge in [0.1, 0.15) is 5.76 Å². The van der Waals surface area contributed by atoms with Crippen molar-refractivity contribution in [2.24, 2.45) is 0 Å². The van der Waals surface area contributed by atoms with Crippen molar-refractivity contribution >= 4 is 15.7 Å². The number of hydrogen-bond donors (Lipinski definition) is 1. The number of sulfone groups is 1. The molecule has 2 aromatic rings. The summed E-state index contributed by atoms with van der Waals surface area (Å²) in [5.41, 5.74) is 0.983. The van der Waals surface area contributed by atoms with Gasteiger partial charge in [-0.15, -0.1) is 0 Å². The van der Waals surface area contributed by atoms with E-state index in [9.17, 15) is 13.2 Å². The third-order valence-electron chi connectivity index (χ3n) is 3.60. The molecule has 3 rings (SSSR count). The predicted molar refractivity (Wildman–Crippen MR) is 81.2 cm³/mol. The van der Waals surface area contributed by atoms with Crippen molar-refractivity contribution in [1.82, 2.24) is 10.3 Å². The second kappa shape index (κ2) is 5.57. The van der Waals surface area contributed by atoms with Crippen LogP contribution in [0.5, 0.6) is 0 Å². The van der Waals surface area contributed by atoms with Gasteiger partial charge in [-0.2, -0.15) is 0 Å². The Bertz CT molecular complexity index is 796. The minimum absolute atomic E-state index is 0.0127. The van der Waals surface area contributed by atoms with E-state index in [1.807, 2.05) is 30.3 Å². The number of nitrogens with zero attached hydrogens (tertiary/aromatic N) is 1. The topological polar surface area (TPSA) is 89.3 Å². The second-order valence-electron chi connectivity index (χ2n) is 5.36. The van der Waals surface area contributed by atoms with Crippen molar-refractivity contribution in [1.29, 1.82) is 0 Å². The molecule has 1 fully saturated rings. The van der Waals surface area contributed by atoms with E-state index < -0.39 is 15.7 Å². The normalized spacial score (nSPS) is 20.0. The molecule has 0 aliphatic carbocycles. The predicted octanol–water partition coefficient (Wildman–Crippen LogP) is 1.57. The zero-order valence-corrected chi connectivity index (χ0v) is 12.9. The Kier molecular flexibility index (Phi) is 3.74. The lowest BCUT2D eigenvalue weighted by Crippen LogP contribution is -2.36. The average molecular weight is 320 g/mol. The van der Waals surface area contributed by atoms with E-state index >= 15 is 0 Å². The quantitative estimate of drug-likeness (QED) is 0.927. The van der Waals surface area contributed by atoms with E-state index in [0.717, 1.165) is 5.56 Å². The van der Waals surface area contributed by atoms with Crippen molar-refractivity contribution in [2.75, 3.05) is 11.5 Å². The van der Waals surface area contributed by atoms with Crippen LogP contribution in [0, 0.1) is 6.92 Å². The van der Waals surface area contributed by atoms with E-state index in [0.29, 0.717) is 18.1 Å². The number of carbonyl (C=O) groups is 1. The standard InChI is InChI=1S/C15H16N2O4S/c1-10-13(14(18)16-12-7-8-22(19,20)9-12)17-15(21-10)11-5-3-2-4-6-11/h2-6,12H,7-9H2,1H3,(H,16,18). The average Bonchev–Trinajstić information content (AvgIpc) is 3.02. The van der Waals surface area contributed by atoms with Crippen LogP contribution in [0.4, 0.5) is 0 Å². The molecule has 1 unspecified atom stereocenters. The lowest BCUT2D eigenvalue weighted by molar-refractivity contribution is 0.0935. The molecule has 0 spiro atoms. The number of amides is 1. The molecular formula is C15H16N2O4S. The molecule has 0 saturated carbocycles. The summed E-state index contributed by atoms with van der Waals surface area (Å²) in [6, 6.07) is 8.94. The van der Waals surface area contributed by atoms with Crippen molar-refractivity contribution in [2.45, 2.75) is 19.4 Å². The summed E-state index contributed by atoms with van der Waals surface area (Å²) < 4.78 is 28.4. The van der Waals surface area contributed by atoms with Crippen LogP contribution < -0.4 is 5.32 Å². The highest BCUT2D eigenvalue weighted by Crippen LogP contribution is 2.21. The highest BCUT2D eigenvalue weighted by Gasteiger charge is 2.30. The van der Waals surface area contributed by atoms with Crippen LogP contribution in [0.1, 0.15) is 22.7 Å². The van der Waals surface area contributed by atoms with Gasteiger partial charge in [-0.3, -0.25) is 4.79 Å². The molecule has 1 amide bonds. The molecule has 6 nitrogen and oxygen atoms in total. The van der Waals surface area contributed by atoms with E-state index in [1.54, 1.807) is 6.92 Å². The maximum Gasteiger partial charge on any atom is 0.273 e. The summed E-state index contributed by atoms with van der Waals surface area (Å²) in [7, 11) is -3.03. The monoisotopic (exact) mass is 320 g/mol.